The summed E-state index contributed by atoms with van der Waals surface area (Å²) in [5.74, 6) is -0.172. The van der Waals surface area contributed by atoms with E-state index in [1.165, 1.54) is 4.90 Å². The predicted molar refractivity (Wildman–Crippen MR) is 124 cm³/mol. The van der Waals surface area contributed by atoms with Crippen LogP contribution >= 0.6 is 11.6 Å². The van der Waals surface area contributed by atoms with Gasteiger partial charge in [-0.1, -0.05) is 35.9 Å². The number of hydrogen-bond acceptors (Lipinski definition) is 6. The van der Waals surface area contributed by atoms with Gasteiger partial charge in [-0.2, -0.15) is 0 Å². The first-order valence-corrected chi connectivity index (χ1v) is 10.9. The van der Waals surface area contributed by atoms with E-state index in [4.69, 9.17) is 21.1 Å². The molecule has 2 amide bonds. The summed E-state index contributed by atoms with van der Waals surface area (Å²) in [6, 6.07) is 12.7. The van der Waals surface area contributed by atoms with Crippen LogP contribution in [0.25, 0.3) is 5.57 Å². The minimum absolute atomic E-state index is 0.224. The summed E-state index contributed by atoms with van der Waals surface area (Å²) in [6.45, 7) is 5.70. The van der Waals surface area contributed by atoms with E-state index < -0.39 is 0 Å². The van der Waals surface area contributed by atoms with E-state index in [1.54, 1.807) is 25.3 Å². The van der Waals surface area contributed by atoms with Crippen LogP contribution in [-0.2, 0) is 14.3 Å². The van der Waals surface area contributed by atoms with Crippen LogP contribution in [0.3, 0.4) is 0 Å². The SMILES string of the molecule is COc1ccccc1C1=C(Nc2ccc(C)c(Cl)c2)C(=O)N(CCN2CCOCC2)C1=O. The maximum Gasteiger partial charge on any atom is 0.278 e. The van der Waals surface area contributed by atoms with E-state index in [9.17, 15) is 9.59 Å². The lowest BCUT2D eigenvalue weighted by atomic mass is 10.0. The molecule has 0 aromatic heterocycles. The van der Waals surface area contributed by atoms with E-state index in [0.717, 1.165) is 18.7 Å². The lowest BCUT2D eigenvalue weighted by molar-refractivity contribution is -0.137. The largest absolute Gasteiger partial charge is 0.496 e. The van der Waals surface area contributed by atoms with Crippen LogP contribution in [0.5, 0.6) is 5.75 Å². The van der Waals surface area contributed by atoms with Gasteiger partial charge in [0.05, 0.1) is 25.9 Å². The molecule has 8 heteroatoms. The van der Waals surface area contributed by atoms with E-state index in [1.807, 2.05) is 31.2 Å². The molecule has 2 aliphatic rings. The van der Waals surface area contributed by atoms with E-state index in [0.29, 0.717) is 53.9 Å². The fourth-order valence-electron chi connectivity index (χ4n) is 3.88. The summed E-state index contributed by atoms with van der Waals surface area (Å²) < 4.78 is 10.9. The summed E-state index contributed by atoms with van der Waals surface area (Å²) in [6.07, 6.45) is 0. The van der Waals surface area contributed by atoms with Crippen molar-refractivity contribution in [3.8, 4) is 5.75 Å². The Hall–Kier alpha value is -2.87. The predicted octanol–water partition coefficient (Wildman–Crippen LogP) is 3.18. The Morgan fingerprint density at radius 3 is 2.53 bits per heavy atom. The van der Waals surface area contributed by atoms with Crippen molar-refractivity contribution in [1.82, 2.24) is 9.80 Å². The third-order valence-electron chi connectivity index (χ3n) is 5.73. The number of hydrogen-bond donors (Lipinski definition) is 1. The number of morpholine rings is 1. The van der Waals surface area contributed by atoms with Crippen LogP contribution in [0.1, 0.15) is 11.1 Å². The molecule has 0 aliphatic carbocycles. The van der Waals surface area contributed by atoms with Crippen LogP contribution in [0.15, 0.2) is 48.2 Å². The van der Waals surface area contributed by atoms with E-state index in [2.05, 4.69) is 10.2 Å². The number of rotatable bonds is 7. The van der Waals surface area contributed by atoms with Gasteiger partial charge in [0.2, 0.25) is 0 Å². The first-order valence-electron chi connectivity index (χ1n) is 10.6. The number of halogens is 1. The molecule has 0 spiro atoms. The van der Waals surface area contributed by atoms with Gasteiger partial charge in [-0.3, -0.25) is 19.4 Å². The van der Waals surface area contributed by atoms with Crippen molar-refractivity contribution in [2.75, 3.05) is 51.8 Å². The highest BCUT2D eigenvalue weighted by Crippen LogP contribution is 2.35. The minimum atomic E-state index is -0.360. The molecule has 1 N–H and O–H groups in total. The molecule has 0 radical (unpaired) electrons. The molecule has 2 aliphatic heterocycles. The van der Waals surface area contributed by atoms with Crippen molar-refractivity contribution >= 4 is 34.7 Å². The molecule has 0 saturated carbocycles. The van der Waals surface area contributed by atoms with Crippen molar-refractivity contribution in [1.29, 1.82) is 0 Å². The lowest BCUT2D eigenvalue weighted by Gasteiger charge is -2.28. The molecule has 32 heavy (non-hydrogen) atoms. The summed E-state index contributed by atoms with van der Waals surface area (Å²) in [4.78, 5) is 30.4. The zero-order chi connectivity index (χ0) is 22.7. The number of imide groups is 1. The van der Waals surface area contributed by atoms with Gasteiger partial charge in [0.1, 0.15) is 11.4 Å². The molecule has 0 unspecified atom stereocenters. The van der Waals surface area contributed by atoms with E-state index in [-0.39, 0.29) is 17.5 Å². The molecular weight excluding hydrogens is 430 g/mol. The molecule has 168 valence electrons. The molecule has 0 atom stereocenters. The Labute approximate surface area is 192 Å². The number of anilines is 1. The molecule has 4 rings (SSSR count). The van der Waals surface area contributed by atoms with Gasteiger partial charge in [0.15, 0.2) is 0 Å². The highest BCUT2D eigenvalue weighted by molar-refractivity contribution is 6.37. The fourth-order valence-corrected chi connectivity index (χ4v) is 4.06. The van der Waals surface area contributed by atoms with Crippen molar-refractivity contribution in [3.63, 3.8) is 0 Å². The first kappa shape index (κ1) is 22.3. The van der Waals surface area contributed by atoms with Gasteiger partial charge in [-0.15, -0.1) is 0 Å². The average Bonchev–Trinajstić information content (AvgIpc) is 3.04. The van der Waals surface area contributed by atoms with Gasteiger partial charge in [-0.05, 0) is 30.7 Å². The second-order valence-corrected chi connectivity index (χ2v) is 8.16. The number of aryl methyl sites for hydroxylation is 1. The third-order valence-corrected chi connectivity index (χ3v) is 6.14. The topological polar surface area (TPSA) is 71.1 Å². The summed E-state index contributed by atoms with van der Waals surface area (Å²) in [5, 5.41) is 3.73. The van der Waals surface area contributed by atoms with Gasteiger partial charge in [0, 0.05) is 42.5 Å². The number of amides is 2. The number of carbonyl (C=O) groups is 2. The van der Waals surface area contributed by atoms with Crippen molar-refractivity contribution < 1.29 is 19.1 Å². The Morgan fingerprint density at radius 2 is 1.81 bits per heavy atom. The van der Waals surface area contributed by atoms with E-state index >= 15 is 0 Å². The standard InChI is InChI=1S/C24H26ClN3O4/c1-16-7-8-17(15-19(16)25)26-22-21(18-5-3-4-6-20(18)31-2)23(29)28(24(22)30)10-9-27-11-13-32-14-12-27/h3-8,15,26H,9-14H2,1-2H3. The smallest absolute Gasteiger partial charge is 0.278 e. The zero-order valence-corrected chi connectivity index (χ0v) is 18.9. The number of benzene rings is 2. The third kappa shape index (κ3) is 4.50. The minimum Gasteiger partial charge on any atom is -0.496 e. The van der Waals surface area contributed by atoms with Crippen LogP contribution in [-0.4, -0.2) is 68.1 Å². The molecule has 1 saturated heterocycles. The Kier molecular flexibility index (Phi) is 6.79. The lowest BCUT2D eigenvalue weighted by Crippen LogP contribution is -2.43. The maximum absolute atomic E-state index is 13.5. The first-order chi connectivity index (χ1) is 15.5. The molecule has 1 fully saturated rings. The van der Waals surface area contributed by atoms with Gasteiger partial charge >= 0.3 is 0 Å². The summed E-state index contributed by atoms with van der Waals surface area (Å²) >= 11 is 6.28. The van der Waals surface area contributed by atoms with Crippen molar-refractivity contribution in [2.24, 2.45) is 0 Å². The van der Waals surface area contributed by atoms with Gasteiger partial charge in [0.25, 0.3) is 11.8 Å². The average molecular weight is 456 g/mol. The highest BCUT2D eigenvalue weighted by atomic mass is 35.5. The fraction of sp³-hybridized carbons (Fsp3) is 0.333. The number of nitrogens with zero attached hydrogens (tertiary/aromatic N) is 2. The quantitative estimate of drug-likeness (QED) is 0.646. The monoisotopic (exact) mass is 455 g/mol. The Balaban J connectivity index is 1.67. The zero-order valence-electron chi connectivity index (χ0n) is 18.2. The van der Waals surface area contributed by atoms with Crippen LogP contribution in [0, 0.1) is 6.92 Å². The number of methoxy groups -OCH3 is 1. The van der Waals surface area contributed by atoms with Gasteiger partial charge < -0.3 is 14.8 Å². The molecule has 7 nitrogen and oxygen atoms in total. The van der Waals surface area contributed by atoms with Crippen molar-refractivity contribution in [2.45, 2.75) is 6.92 Å². The second kappa shape index (κ2) is 9.73. The summed E-state index contributed by atoms with van der Waals surface area (Å²) in [7, 11) is 1.55. The molecular formula is C24H26ClN3O4. The van der Waals surface area contributed by atoms with Crippen molar-refractivity contribution in [3.05, 3.63) is 64.3 Å². The van der Waals surface area contributed by atoms with Crippen LogP contribution in [0.4, 0.5) is 5.69 Å². The number of ether oxygens (including phenoxy) is 2. The van der Waals surface area contributed by atoms with Gasteiger partial charge in [-0.25, -0.2) is 0 Å². The summed E-state index contributed by atoms with van der Waals surface area (Å²) in [5.41, 5.74) is 2.66. The second-order valence-electron chi connectivity index (χ2n) is 7.76. The van der Waals surface area contributed by atoms with Crippen LogP contribution < -0.4 is 10.1 Å². The number of nitrogens with one attached hydrogen (secondary N) is 1. The normalized spacial score (nSPS) is 17.3. The molecule has 2 aromatic carbocycles. The number of carbonyl (C=O) groups excluding carboxylic acids is 2. The molecule has 2 aromatic rings. The Bertz CT molecular complexity index is 1060. The highest BCUT2D eigenvalue weighted by Gasteiger charge is 2.40. The van der Waals surface area contributed by atoms with Crippen LogP contribution in [0.2, 0.25) is 5.02 Å². The number of para-hydroxylation sites is 1. The molecule has 2 heterocycles. The Morgan fingerprint density at radius 1 is 1.06 bits per heavy atom. The molecule has 0 bridgehead atoms. The maximum atomic E-state index is 13.5.